The monoisotopic (exact) mass is 2180 g/mol. The van der Waals surface area contributed by atoms with E-state index in [1.165, 1.54) is 215 Å². The average molecular weight is 2180 g/mol. The molecule has 0 aliphatic carbocycles. The van der Waals surface area contributed by atoms with Gasteiger partial charge in [0.25, 0.3) is 0 Å². The van der Waals surface area contributed by atoms with Gasteiger partial charge in [-0.3, -0.25) is 29.4 Å². The van der Waals surface area contributed by atoms with Crippen molar-refractivity contribution in [1.82, 2.24) is 29.4 Å². The molecule has 842 valence electrons. The molecule has 7 heterocycles. The van der Waals surface area contributed by atoms with Gasteiger partial charge in [0.05, 0.1) is 99.7 Å². The van der Waals surface area contributed by atoms with Crippen LogP contribution >= 0.6 is 42.6 Å². The van der Waals surface area contributed by atoms with Crippen LogP contribution in [0, 0.1) is 29.6 Å². The van der Waals surface area contributed by atoms with E-state index in [9.17, 15) is 39.8 Å². The minimum Gasteiger partial charge on any atom is -1.00 e. The van der Waals surface area contributed by atoms with Gasteiger partial charge in [-0.1, -0.05) is 368 Å². The number of alkyl halides is 1. The van der Waals surface area contributed by atoms with Crippen molar-refractivity contribution >= 4 is 42.6 Å². The minimum atomic E-state index is -2.31. The fourth-order valence-electron chi connectivity index (χ4n) is 21.4. The first-order chi connectivity index (χ1) is 68.8. The Morgan fingerprint density at radius 2 is 0.575 bits per heavy atom. The van der Waals surface area contributed by atoms with Crippen LogP contribution in [0.5, 0.6) is 0 Å². The molecule has 6 N–H and O–H groups in total. The topological polar surface area (TPSA) is 240 Å². The van der Waals surface area contributed by atoms with Gasteiger partial charge in [0.15, 0.2) is 5.79 Å². The number of β-amino-alcohol motifs (C(OH)–C–C–N with tert-alkyl or cyclic N) is 1. The van der Waals surface area contributed by atoms with Crippen LogP contribution in [0.25, 0.3) is 0 Å². The zero-order valence-corrected chi connectivity index (χ0v) is 103. The average Bonchev–Trinajstić information content (AvgIpc) is 1.61. The van der Waals surface area contributed by atoms with Gasteiger partial charge in [-0.15, -0.1) is 12.4 Å². The number of nitrogens with zero attached hydrogens (tertiary/aromatic N) is 6. The number of hydrogen-bond acceptors (Lipinski definition) is 21. The van der Waals surface area contributed by atoms with Gasteiger partial charge in [-0.2, -0.15) is 0 Å². The number of fused-ring (bicyclic) bond motifs is 1. The van der Waals surface area contributed by atoms with E-state index in [0.29, 0.717) is 62.6 Å². The number of ether oxygens (including phenoxy) is 7. The van der Waals surface area contributed by atoms with E-state index in [-0.39, 0.29) is 128 Å². The van der Waals surface area contributed by atoms with Crippen LogP contribution in [0.1, 0.15) is 348 Å². The second-order valence-electron chi connectivity index (χ2n) is 45.4. The first-order valence-electron chi connectivity index (χ1n) is 57.5. The summed E-state index contributed by atoms with van der Waals surface area (Å²) in [6, 6.07) is 42.3. The molecule has 0 unspecified atom stereocenters. The number of unbranched alkanes of at least 4 members (excludes halogenated alkanes) is 24. The summed E-state index contributed by atoms with van der Waals surface area (Å²) in [7, 11) is -4.52. The Balaban J connectivity index is 0.000000587. The number of hydrogen-bond donors (Lipinski definition) is 6. The van der Waals surface area contributed by atoms with Crippen molar-refractivity contribution in [1.29, 1.82) is 0 Å². The third-order valence-corrected chi connectivity index (χ3v) is 33.0. The van der Waals surface area contributed by atoms with Crippen molar-refractivity contribution < 1.29 is 104 Å². The normalized spacial score (nSPS) is 28.7. The molecule has 4 aromatic rings. The van der Waals surface area contributed by atoms with E-state index < -0.39 is 56.7 Å². The van der Waals surface area contributed by atoms with Crippen LogP contribution in [-0.2, 0) is 67.4 Å². The number of aliphatic hydroxyl groups excluding tert-OH is 6. The predicted octanol–water partition coefficient (Wildman–Crippen LogP) is 22.6. The number of likely N-dealkylation sites (tertiary alicyclic amines) is 6. The molecule has 0 radical (unpaired) electrons. The summed E-state index contributed by atoms with van der Waals surface area (Å²) in [5, 5.41) is 62.7. The zero-order chi connectivity index (χ0) is 106. The molecule has 0 bridgehead atoms. The second kappa shape index (κ2) is 77.7. The zero-order valence-electron chi connectivity index (χ0n) is 97.6. The van der Waals surface area contributed by atoms with Crippen molar-refractivity contribution in [2.75, 3.05) is 118 Å². The molecule has 7 fully saturated rings. The van der Waals surface area contributed by atoms with Gasteiger partial charge in [0, 0.05) is 80.8 Å². The summed E-state index contributed by atoms with van der Waals surface area (Å²) in [5.74, 6) is 1.31. The fraction of sp³-hybridized carbons (Fsp3) is 0.800. The summed E-state index contributed by atoms with van der Waals surface area (Å²) >= 11 is 3.36. The number of aliphatic hydroxyl groups is 6. The summed E-state index contributed by atoms with van der Waals surface area (Å²) < 4.78 is 66.7. The molecule has 0 saturated carbocycles. The van der Waals surface area contributed by atoms with Crippen LogP contribution in [0.15, 0.2) is 121 Å². The van der Waals surface area contributed by atoms with Crippen molar-refractivity contribution in [2.24, 2.45) is 29.6 Å². The third kappa shape index (κ3) is 53.1. The molecule has 11 rings (SSSR count). The Morgan fingerprint density at radius 3 is 0.925 bits per heavy atom. The Kier molecular flexibility index (Phi) is 73.7. The van der Waals surface area contributed by atoms with Crippen molar-refractivity contribution in [2.45, 2.75) is 471 Å². The van der Waals surface area contributed by atoms with Gasteiger partial charge >= 0.3 is 29.6 Å². The molecular weight excluding hydrogens is 1970 g/mol. The molecule has 0 amide bonds. The van der Waals surface area contributed by atoms with Crippen LogP contribution in [-0.4, -0.2) is 299 Å². The standard InChI is InChI=1S/C24H42NO3P.2C21H35NO2.C17H33NO2.C16H34NO4P.C14H29NO2.C7H7Br.ClH.Na.H/c1-6-7-8-9-13-16-25-17-20(2)23(28-19-29(4,5)26)24(21(25)3)27-18-22-14-11-10-12-15-22;1-4-5-6-7-11-14-22-15-17(2)21(20(23)18(22)3)24-16-19-12-9-8-10-13-19;1-4-5-6-7-11-14-22-15-17(2)20(23)21(18(22)3)24-16-19-12-9-8-10-13-19;1-6-7-8-9-10-11-18-12-13(2)15-16(14(18)3)20-17(4,5)19-15;1-5-6-7-8-9-10-17-11-14(18)16(15(19)13(17)2)21-12-22(3,4)20;1-4-5-6-7-8-9-15-10-11(2)13(16)14(17)12(15)3;8-6-7-4-2-1-3-5-7;;;/h10-12,14-15,20-21,23-24H,6-9,13,16-19H2,1-5H3;2*8-10,12-13,17-18,20-21,23H,4-7,11,14-16H2,1-3H3;13-16H,6-12H2,1-5H3;13-16,18-19H,5-12H2,1-4H3;11-14,16-17H,4-10H2,1-3H3;1-5H,6H2;1H;;/q;;;;;;;;+1;-1/t20-,21+,23+,24-;17-,18+,20-,21+;17-,18+,20+,21-;2*13-,14+,15+,16-;11-,12+,13+,14-;;;;/m000010..../s1. The second-order valence-corrected chi connectivity index (χ2v) is 52.8. The molecule has 7 saturated heterocycles. The van der Waals surface area contributed by atoms with E-state index in [1.54, 1.807) is 26.7 Å². The minimum absolute atomic E-state index is 0. The van der Waals surface area contributed by atoms with E-state index in [2.05, 4.69) is 191 Å². The molecule has 7 aliphatic rings. The Hall–Kier alpha value is -1.65. The van der Waals surface area contributed by atoms with Crippen LogP contribution < -0.4 is 29.6 Å². The van der Waals surface area contributed by atoms with Gasteiger partial charge in [-0.05, 0) is 212 Å². The summed E-state index contributed by atoms with van der Waals surface area (Å²) in [4.78, 5) is 14.6. The molecule has 0 spiro atoms. The maximum absolute atomic E-state index is 12.2. The number of halogens is 2. The predicted molar refractivity (Wildman–Crippen MR) is 615 cm³/mol. The molecule has 7 aliphatic heterocycles. The number of piperidine rings is 6. The number of rotatable bonds is 52. The van der Waals surface area contributed by atoms with Crippen molar-refractivity contribution in [3.05, 3.63) is 144 Å². The van der Waals surface area contributed by atoms with Crippen LogP contribution in [0.4, 0.5) is 0 Å². The number of benzene rings is 4. The molecule has 0 aromatic heterocycles. The summed E-state index contributed by atoms with van der Waals surface area (Å²) in [5.41, 5.74) is 4.84. The quantitative estimate of drug-likeness (QED) is 0.0104. The molecule has 146 heavy (non-hydrogen) atoms. The largest absolute Gasteiger partial charge is 1.00 e. The third-order valence-electron chi connectivity index (χ3n) is 30.8. The van der Waals surface area contributed by atoms with Gasteiger partial charge in [0.1, 0.15) is 26.5 Å². The van der Waals surface area contributed by atoms with E-state index in [0.717, 1.165) is 77.2 Å². The molecule has 21 nitrogen and oxygen atoms in total. The molecule has 26 heteroatoms. The summed E-state index contributed by atoms with van der Waals surface area (Å²) in [6.45, 7) is 62.1. The smallest absolute Gasteiger partial charge is 1.00 e. The van der Waals surface area contributed by atoms with Crippen molar-refractivity contribution in [3.63, 3.8) is 0 Å². The Morgan fingerprint density at radius 1 is 0.308 bits per heavy atom. The first-order valence-corrected chi connectivity index (χ1v) is 64.2. The Bertz CT molecular complexity index is 3920. The fourth-order valence-corrected chi connectivity index (χ4v) is 22.9. The van der Waals surface area contributed by atoms with Crippen LogP contribution in [0.3, 0.4) is 0 Å². The van der Waals surface area contributed by atoms with E-state index in [4.69, 9.17) is 33.2 Å². The molecular formula is C120H217BrClN6NaO15P2. The Labute approximate surface area is 930 Å². The first kappa shape index (κ1) is 138. The van der Waals surface area contributed by atoms with Gasteiger partial charge < -0.3 is 74.4 Å². The summed E-state index contributed by atoms with van der Waals surface area (Å²) in [6.07, 6.45) is 35.4. The maximum Gasteiger partial charge on any atom is 1.00 e. The molecule has 24 atom stereocenters. The van der Waals surface area contributed by atoms with Gasteiger partial charge in [-0.25, -0.2) is 0 Å². The van der Waals surface area contributed by atoms with E-state index in [1.807, 2.05) is 107 Å². The van der Waals surface area contributed by atoms with Gasteiger partial charge in [0.2, 0.25) is 0 Å². The van der Waals surface area contributed by atoms with E-state index >= 15 is 0 Å². The van der Waals surface area contributed by atoms with Crippen molar-refractivity contribution in [3.8, 4) is 0 Å². The van der Waals surface area contributed by atoms with Crippen LogP contribution in [0.2, 0.25) is 0 Å². The SMILES string of the molecule is BrCc1ccccc1.CCCCCCCN1C[C@H](C)[C@@H](O)[C@@H](O)[C@H]1C.CCCCCCCN1C[C@H](C)[C@@H](O)[C@@H](OCc2ccccc2)[C@H]1C.CCCCCCCN1C[C@H](C)[C@@H](OCP(C)(C)=O)[C@@H](OCc2ccccc2)[C@H]1C.CCCCCCCN1C[C@H](C)[C@@H](OCc2ccccc2)[C@@H](O)[C@H]1C.CCCCCCCN1C[C@H](C)[C@H]2OC(C)(C)O[C@H]2[C@H]1C.CCCCCCCN1C[C@H](O)[C@@H](OCP(C)(C)=O)[C@@H](O)[C@H]1C.Cl.[H-].[Na+]. The maximum atomic E-state index is 12.2. The molecule has 4 aromatic carbocycles.